The normalized spacial score (nSPS) is 12.5. The first-order valence-corrected chi connectivity index (χ1v) is 6.96. The summed E-state index contributed by atoms with van der Waals surface area (Å²) in [6, 6.07) is 12.2. The number of rotatable bonds is 5. The summed E-state index contributed by atoms with van der Waals surface area (Å²) in [7, 11) is 1.39. The molecule has 122 valence electrons. The Kier molecular flexibility index (Phi) is 5.26. The largest absolute Gasteiger partial charge is 0.496 e. The van der Waals surface area contributed by atoms with Gasteiger partial charge in [-0.2, -0.15) is 13.2 Å². The van der Waals surface area contributed by atoms with E-state index in [1.807, 2.05) is 0 Å². The third kappa shape index (κ3) is 4.48. The Bertz CT molecular complexity index is 656. The Hall–Kier alpha value is -2.50. The van der Waals surface area contributed by atoms with Crippen molar-refractivity contribution in [3.8, 4) is 5.75 Å². The van der Waals surface area contributed by atoms with Gasteiger partial charge in [0, 0.05) is 12.0 Å². The molecule has 0 aromatic heterocycles. The van der Waals surface area contributed by atoms with E-state index in [0.717, 1.165) is 0 Å². The summed E-state index contributed by atoms with van der Waals surface area (Å²) in [4.78, 5) is 12.0. The van der Waals surface area contributed by atoms with Crippen molar-refractivity contribution in [1.29, 1.82) is 0 Å². The van der Waals surface area contributed by atoms with E-state index in [1.165, 1.54) is 19.2 Å². The summed E-state index contributed by atoms with van der Waals surface area (Å²) in [6.45, 7) is 0. The Balaban J connectivity index is 2.20. The summed E-state index contributed by atoms with van der Waals surface area (Å²) in [5, 5.41) is 2.05. The molecule has 1 atom stereocenters. The molecule has 6 heteroatoms. The first-order valence-electron chi connectivity index (χ1n) is 6.96. The summed E-state index contributed by atoms with van der Waals surface area (Å²) in [5.74, 6) is -0.404. The number of benzene rings is 2. The van der Waals surface area contributed by atoms with Gasteiger partial charge in [0.15, 0.2) is 0 Å². The maximum Gasteiger partial charge on any atom is 0.408 e. The number of carbonyl (C=O) groups excluding carboxylic acids is 1. The van der Waals surface area contributed by atoms with Crippen molar-refractivity contribution < 1.29 is 22.7 Å². The van der Waals surface area contributed by atoms with Crippen LogP contribution >= 0.6 is 0 Å². The number of hydrogen-bond acceptors (Lipinski definition) is 2. The summed E-state index contributed by atoms with van der Waals surface area (Å²) in [6.07, 6.45) is -4.96. The van der Waals surface area contributed by atoms with Crippen LogP contribution in [0.15, 0.2) is 54.6 Å². The number of para-hydroxylation sites is 1. The number of ether oxygens (including phenoxy) is 1. The maximum absolute atomic E-state index is 13.3. The second-order valence-corrected chi connectivity index (χ2v) is 4.95. The molecular weight excluding hydrogens is 307 g/mol. The van der Waals surface area contributed by atoms with E-state index in [4.69, 9.17) is 4.74 Å². The van der Waals surface area contributed by atoms with Gasteiger partial charge in [-0.25, -0.2) is 0 Å². The molecule has 0 saturated heterocycles. The topological polar surface area (TPSA) is 38.3 Å². The Morgan fingerprint density at radius 2 is 1.70 bits per heavy atom. The molecule has 2 aromatic carbocycles. The highest BCUT2D eigenvalue weighted by atomic mass is 19.4. The highest BCUT2D eigenvalue weighted by Gasteiger charge is 2.41. The van der Waals surface area contributed by atoms with E-state index in [-0.39, 0.29) is 5.56 Å². The van der Waals surface area contributed by atoms with Gasteiger partial charge in [0.05, 0.1) is 7.11 Å². The first-order chi connectivity index (χ1) is 10.9. The number of amides is 1. The SMILES string of the molecule is COc1ccccc1C[C@@H](NC(=O)c1ccccc1)C(F)(F)F. The zero-order valence-electron chi connectivity index (χ0n) is 12.4. The number of methoxy groups -OCH3 is 1. The monoisotopic (exact) mass is 323 g/mol. The van der Waals surface area contributed by atoms with Crippen molar-refractivity contribution in [2.75, 3.05) is 7.11 Å². The molecule has 0 spiro atoms. The summed E-state index contributed by atoms with van der Waals surface area (Å²) >= 11 is 0. The molecule has 0 aliphatic heterocycles. The van der Waals surface area contributed by atoms with Gasteiger partial charge in [-0.3, -0.25) is 4.79 Å². The van der Waals surface area contributed by atoms with Crippen LogP contribution in [0, 0.1) is 0 Å². The van der Waals surface area contributed by atoms with Crippen LogP contribution in [0.4, 0.5) is 13.2 Å². The van der Waals surface area contributed by atoms with Gasteiger partial charge in [0.1, 0.15) is 11.8 Å². The molecular formula is C17H16F3NO2. The molecule has 23 heavy (non-hydrogen) atoms. The van der Waals surface area contributed by atoms with Crippen LogP contribution in [-0.2, 0) is 6.42 Å². The van der Waals surface area contributed by atoms with Crippen LogP contribution in [-0.4, -0.2) is 25.2 Å². The van der Waals surface area contributed by atoms with Gasteiger partial charge in [-0.15, -0.1) is 0 Å². The molecule has 0 aliphatic rings. The molecule has 3 nitrogen and oxygen atoms in total. The van der Waals surface area contributed by atoms with E-state index in [1.54, 1.807) is 42.5 Å². The third-order valence-corrected chi connectivity index (χ3v) is 3.35. The van der Waals surface area contributed by atoms with E-state index in [9.17, 15) is 18.0 Å². The van der Waals surface area contributed by atoms with E-state index in [2.05, 4.69) is 5.32 Å². The lowest BCUT2D eigenvalue weighted by Crippen LogP contribution is -2.46. The van der Waals surface area contributed by atoms with Crippen molar-refractivity contribution in [3.05, 3.63) is 65.7 Å². The molecule has 0 unspecified atom stereocenters. The van der Waals surface area contributed by atoms with Crippen LogP contribution in [0.1, 0.15) is 15.9 Å². The first kappa shape index (κ1) is 16.9. The number of nitrogens with one attached hydrogen (secondary N) is 1. The predicted molar refractivity (Wildman–Crippen MR) is 80.4 cm³/mol. The third-order valence-electron chi connectivity index (χ3n) is 3.35. The fourth-order valence-electron chi connectivity index (χ4n) is 2.17. The van der Waals surface area contributed by atoms with Crippen LogP contribution in [0.25, 0.3) is 0 Å². The molecule has 0 bridgehead atoms. The second kappa shape index (κ2) is 7.17. The van der Waals surface area contributed by atoms with Crippen LogP contribution in [0.5, 0.6) is 5.75 Å². The van der Waals surface area contributed by atoms with E-state index < -0.39 is 24.5 Å². The van der Waals surface area contributed by atoms with Gasteiger partial charge >= 0.3 is 6.18 Å². The zero-order valence-corrected chi connectivity index (χ0v) is 12.4. The Morgan fingerprint density at radius 3 is 2.30 bits per heavy atom. The second-order valence-electron chi connectivity index (χ2n) is 4.95. The minimum Gasteiger partial charge on any atom is -0.496 e. The van der Waals surface area contributed by atoms with Crippen molar-refractivity contribution in [2.24, 2.45) is 0 Å². The molecule has 2 aromatic rings. The Morgan fingerprint density at radius 1 is 1.09 bits per heavy atom. The average Bonchev–Trinajstić information content (AvgIpc) is 2.54. The van der Waals surface area contributed by atoms with Crippen molar-refractivity contribution in [2.45, 2.75) is 18.6 Å². The molecule has 1 N–H and O–H groups in total. The van der Waals surface area contributed by atoms with Crippen molar-refractivity contribution >= 4 is 5.91 Å². The standard InChI is InChI=1S/C17H16F3NO2/c1-23-14-10-6-5-9-13(14)11-15(17(18,19)20)21-16(22)12-7-3-2-4-8-12/h2-10,15H,11H2,1H3,(H,21,22)/t15-/m1/s1. The summed E-state index contributed by atoms with van der Waals surface area (Å²) < 4.78 is 44.9. The lowest BCUT2D eigenvalue weighted by atomic mass is 10.0. The molecule has 0 radical (unpaired) electrons. The van der Waals surface area contributed by atoms with Gasteiger partial charge < -0.3 is 10.1 Å². The lowest BCUT2D eigenvalue weighted by Gasteiger charge is -2.22. The van der Waals surface area contributed by atoms with Gasteiger partial charge in [-0.05, 0) is 23.8 Å². The number of halogens is 3. The molecule has 0 saturated carbocycles. The van der Waals surface area contributed by atoms with Crippen LogP contribution < -0.4 is 10.1 Å². The van der Waals surface area contributed by atoms with Crippen LogP contribution in [0.2, 0.25) is 0 Å². The number of carbonyl (C=O) groups is 1. The van der Waals surface area contributed by atoms with Gasteiger partial charge in [0.25, 0.3) is 5.91 Å². The fourth-order valence-corrected chi connectivity index (χ4v) is 2.17. The molecule has 0 fully saturated rings. The quantitative estimate of drug-likeness (QED) is 0.913. The van der Waals surface area contributed by atoms with Gasteiger partial charge in [-0.1, -0.05) is 36.4 Å². The number of hydrogen-bond donors (Lipinski definition) is 1. The predicted octanol–water partition coefficient (Wildman–Crippen LogP) is 3.60. The maximum atomic E-state index is 13.3. The zero-order chi connectivity index (χ0) is 16.9. The van der Waals surface area contributed by atoms with E-state index in [0.29, 0.717) is 11.3 Å². The smallest absolute Gasteiger partial charge is 0.408 e. The summed E-state index contributed by atoms with van der Waals surface area (Å²) in [5.41, 5.74) is 0.562. The van der Waals surface area contributed by atoms with Crippen molar-refractivity contribution in [3.63, 3.8) is 0 Å². The Labute approximate surface area is 132 Å². The molecule has 1 amide bonds. The fraction of sp³-hybridized carbons (Fsp3) is 0.235. The minimum absolute atomic E-state index is 0.182. The highest BCUT2D eigenvalue weighted by molar-refractivity contribution is 5.94. The lowest BCUT2D eigenvalue weighted by molar-refractivity contribution is -0.153. The van der Waals surface area contributed by atoms with Gasteiger partial charge in [0.2, 0.25) is 0 Å². The average molecular weight is 323 g/mol. The molecule has 0 heterocycles. The minimum atomic E-state index is -4.56. The van der Waals surface area contributed by atoms with Crippen LogP contribution in [0.3, 0.4) is 0 Å². The van der Waals surface area contributed by atoms with E-state index >= 15 is 0 Å². The molecule has 2 rings (SSSR count). The highest BCUT2D eigenvalue weighted by Crippen LogP contribution is 2.27. The van der Waals surface area contributed by atoms with Crippen molar-refractivity contribution in [1.82, 2.24) is 5.32 Å². The molecule has 0 aliphatic carbocycles. The number of alkyl halides is 3.